The Morgan fingerprint density at radius 2 is 1.61 bits per heavy atom. The number of hydrogen-bond acceptors (Lipinski definition) is 4. The molecule has 2 heterocycles. The molecule has 0 spiro atoms. The van der Waals surface area contributed by atoms with Crippen LogP contribution < -0.4 is 5.32 Å². The molecule has 0 radical (unpaired) electrons. The number of nitrogens with one attached hydrogen (secondary N) is 1. The van der Waals surface area contributed by atoms with E-state index in [0.29, 0.717) is 12.5 Å². The van der Waals surface area contributed by atoms with Crippen LogP contribution in [0.1, 0.15) is 55.8 Å². The van der Waals surface area contributed by atoms with Gasteiger partial charge in [-0.25, -0.2) is 4.39 Å². The molecule has 7 nitrogen and oxygen atoms in total. The Morgan fingerprint density at radius 1 is 0.972 bits per heavy atom. The minimum atomic E-state index is -1.31. The van der Waals surface area contributed by atoms with Gasteiger partial charge in [-0.05, 0) is 22.6 Å². The zero-order valence-electron chi connectivity index (χ0n) is 21.0. The fourth-order valence-electron chi connectivity index (χ4n) is 4.86. The summed E-state index contributed by atoms with van der Waals surface area (Å²) in [4.78, 5) is 41.4. The second-order valence-electron chi connectivity index (χ2n) is 9.84. The van der Waals surface area contributed by atoms with Gasteiger partial charge in [0.1, 0.15) is 12.2 Å². The van der Waals surface area contributed by atoms with Gasteiger partial charge in [-0.3, -0.25) is 14.4 Å². The van der Waals surface area contributed by atoms with E-state index in [-0.39, 0.29) is 32.0 Å². The lowest BCUT2D eigenvalue weighted by atomic mass is 9.95. The third kappa shape index (κ3) is 5.75. The lowest BCUT2D eigenvalue weighted by molar-refractivity contribution is -0.156. The third-order valence-corrected chi connectivity index (χ3v) is 6.98. The van der Waals surface area contributed by atoms with E-state index in [2.05, 4.69) is 19.2 Å². The zero-order chi connectivity index (χ0) is 25.8. The summed E-state index contributed by atoms with van der Waals surface area (Å²) in [5.74, 6) is -0.642. The molecule has 2 saturated heterocycles. The third-order valence-electron chi connectivity index (χ3n) is 6.98. The second kappa shape index (κ2) is 11.2. The van der Waals surface area contributed by atoms with Crippen molar-refractivity contribution in [3.63, 3.8) is 0 Å². The van der Waals surface area contributed by atoms with Crippen molar-refractivity contribution in [1.82, 2.24) is 15.1 Å². The maximum Gasteiger partial charge on any atom is 0.254 e. The predicted octanol–water partition coefficient (Wildman–Crippen LogP) is 3.20. The first-order chi connectivity index (χ1) is 17.2. The molecule has 0 aromatic heterocycles. The van der Waals surface area contributed by atoms with Crippen LogP contribution in [0.2, 0.25) is 0 Å². The average Bonchev–Trinajstić information content (AvgIpc) is 3.29. The highest BCUT2D eigenvalue weighted by Gasteiger charge is 2.43. The van der Waals surface area contributed by atoms with Crippen molar-refractivity contribution in [2.24, 2.45) is 0 Å². The Hall–Kier alpha value is -3.26. The number of halogens is 1. The maximum absolute atomic E-state index is 14.5. The van der Waals surface area contributed by atoms with Crippen molar-refractivity contribution in [3.8, 4) is 0 Å². The Labute approximate surface area is 211 Å². The van der Waals surface area contributed by atoms with E-state index >= 15 is 0 Å². The van der Waals surface area contributed by atoms with Gasteiger partial charge in [0.2, 0.25) is 11.8 Å². The highest BCUT2D eigenvalue weighted by atomic mass is 19.1. The molecule has 2 aliphatic rings. The van der Waals surface area contributed by atoms with E-state index < -0.39 is 36.2 Å². The van der Waals surface area contributed by atoms with Gasteiger partial charge in [0, 0.05) is 19.9 Å². The predicted molar refractivity (Wildman–Crippen MR) is 134 cm³/mol. The van der Waals surface area contributed by atoms with E-state index in [1.807, 2.05) is 54.6 Å². The van der Waals surface area contributed by atoms with E-state index in [1.54, 1.807) is 0 Å². The number of alkyl halides is 1. The Balaban J connectivity index is 1.54. The summed E-state index contributed by atoms with van der Waals surface area (Å²) in [6, 6.07) is 16.3. The van der Waals surface area contributed by atoms with Crippen LogP contribution in [0, 0.1) is 0 Å². The Bertz CT molecular complexity index is 1080. The first-order valence-electron chi connectivity index (χ1n) is 12.5. The van der Waals surface area contributed by atoms with E-state index in [1.165, 1.54) is 22.3 Å². The molecule has 2 aliphatic heterocycles. The van der Waals surface area contributed by atoms with Crippen LogP contribution in [0.5, 0.6) is 0 Å². The van der Waals surface area contributed by atoms with Crippen molar-refractivity contribution in [3.05, 3.63) is 71.3 Å². The summed E-state index contributed by atoms with van der Waals surface area (Å²) < 4.78 is 20.1. The molecule has 1 unspecified atom stereocenters. The molecule has 192 valence electrons. The van der Waals surface area contributed by atoms with Crippen molar-refractivity contribution < 1.29 is 23.5 Å². The van der Waals surface area contributed by atoms with Crippen LogP contribution in [0.15, 0.2) is 54.6 Å². The molecule has 4 atom stereocenters. The summed E-state index contributed by atoms with van der Waals surface area (Å²) in [6.07, 6.45) is -2.29. The van der Waals surface area contributed by atoms with Gasteiger partial charge in [-0.1, -0.05) is 68.4 Å². The number of ether oxygens (including phenoxy) is 1. The molecule has 2 aromatic carbocycles. The molecular weight excluding hydrogens is 461 g/mol. The Kier molecular flexibility index (Phi) is 8.04. The Morgan fingerprint density at radius 3 is 2.25 bits per heavy atom. The molecule has 0 saturated carbocycles. The summed E-state index contributed by atoms with van der Waals surface area (Å²) in [5.41, 5.74) is 2.99. The molecule has 36 heavy (non-hydrogen) atoms. The number of morpholine rings is 1. The van der Waals surface area contributed by atoms with Crippen molar-refractivity contribution >= 4 is 17.7 Å². The molecule has 3 amide bonds. The van der Waals surface area contributed by atoms with Crippen molar-refractivity contribution in [2.45, 2.75) is 57.5 Å². The normalized spacial score (nSPS) is 23.0. The van der Waals surface area contributed by atoms with Gasteiger partial charge in [-0.2, -0.15) is 0 Å². The molecule has 1 N–H and O–H groups in total. The monoisotopic (exact) mass is 495 g/mol. The van der Waals surface area contributed by atoms with Crippen LogP contribution >= 0.6 is 0 Å². The van der Waals surface area contributed by atoms with Gasteiger partial charge >= 0.3 is 0 Å². The highest BCUT2D eigenvalue weighted by Crippen LogP contribution is 2.27. The number of benzene rings is 2. The van der Waals surface area contributed by atoms with Gasteiger partial charge in [0.15, 0.2) is 6.10 Å². The van der Waals surface area contributed by atoms with E-state index in [9.17, 15) is 18.8 Å². The topological polar surface area (TPSA) is 79.0 Å². The largest absolute Gasteiger partial charge is 0.365 e. The fourth-order valence-corrected chi connectivity index (χ4v) is 4.86. The molecular formula is C28H34FN3O4. The standard InChI is InChI=1S/C28H34FN3O4/c1-18(2)20-9-11-22(12-10-20)26(21-7-5-4-6-8-21)30-27(34)24-15-23(29)16-32(24)28(35)25-17-31(19(3)33)13-14-36-25/h4-12,18,23-26H,13-17H2,1-3H3,(H,30,34)/t23-,24+,25?,26+/m1/s1. The number of likely N-dealkylation sites (tertiary alicyclic amines) is 1. The summed E-state index contributed by atoms with van der Waals surface area (Å²) in [5, 5.41) is 3.07. The van der Waals surface area contributed by atoms with Crippen LogP contribution in [-0.2, 0) is 19.1 Å². The number of carbonyl (C=O) groups is 3. The van der Waals surface area contributed by atoms with Gasteiger partial charge in [0.25, 0.3) is 5.91 Å². The molecule has 0 aliphatic carbocycles. The highest BCUT2D eigenvalue weighted by molar-refractivity contribution is 5.91. The number of nitrogens with zero attached hydrogens (tertiary/aromatic N) is 2. The summed E-state index contributed by atoms with van der Waals surface area (Å²) in [6.45, 7) is 6.24. The smallest absolute Gasteiger partial charge is 0.254 e. The van der Waals surface area contributed by atoms with Crippen molar-refractivity contribution in [2.75, 3.05) is 26.2 Å². The fraction of sp³-hybridized carbons (Fsp3) is 0.464. The van der Waals surface area contributed by atoms with Gasteiger partial charge in [-0.15, -0.1) is 0 Å². The quantitative estimate of drug-likeness (QED) is 0.668. The first-order valence-corrected chi connectivity index (χ1v) is 12.5. The molecule has 2 aromatic rings. The summed E-state index contributed by atoms with van der Waals surface area (Å²) in [7, 11) is 0. The number of hydrogen-bond donors (Lipinski definition) is 1. The molecule has 0 bridgehead atoms. The minimum Gasteiger partial charge on any atom is -0.365 e. The number of carbonyl (C=O) groups excluding carboxylic acids is 3. The lowest BCUT2D eigenvalue weighted by Crippen LogP contribution is -2.55. The molecule has 4 rings (SSSR count). The van der Waals surface area contributed by atoms with Gasteiger partial charge < -0.3 is 19.9 Å². The maximum atomic E-state index is 14.5. The van der Waals surface area contributed by atoms with Gasteiger partial charge in [0.05, 0.1) is 25.7 Å². The van der Waals surface area contributed by atoms with Crippen LogP contribution in [0.3, 0.4) is 0 Å². The van der Waals surface area contributed by atoms with Crippen LogP contribution in [0.4, 0.5) is 4.39 Å². The van der Waals surface area contributed by atoms with Crippen LogP contribution in [-0.4, -0.2) is 72.1 Å². The van der Waals surface area contributed by atoms with Crippen LogP contribution in [0.25, 0.3) is 0 Å². The average molecular weight is 496 g/mol. The summed E-state index contributed by atoms with van der Waals surface area (Å²) >= 11 is 0. The number of amides is 3. The minimum absolute atomic E-state index is 0.0749. The SMILES string of the molecule is CC(=O)N1CCOC(C(=O)N2C[C@H](F)C[C@H]2C(=O)N[C@@H](c2ccccc2)c2ccc(C(C)C)cc2)C1. The van der Waals surface area contributed by atoms with Crippen molar-refractivity contribution in [1.29, 1.82) is 0 Å². The molecule has 8 heteroatoms. The molecule has 2 fully saturated rings. The zero-order valence-corrected chi connectivity index (χ0v) is 21.0. The lowest BCUT2D eigenvalue weighted by Gasteiger charge is -2.35. The first kappa shape index (κ1) is 25.8. The van der Waals surface area contributed by atoms with E-state index in [0.717, 1.165) is 11.1 Å². The van der Waals surface area contributed by atoms with E-state index in [4.69, 9.17) is 4.74 Å². The number of rotatable bonds is 6. The second-order valence-corrected chi connectivity index (χ2v) is 9.84.